The number of unbranched alkanes of at least 4 members (excludes halogenated alkanes) is 10. The number of hydrogen-bond donors (Lipinski definition) is 0. The highest BCUT2D eigenvalue weighted by Gasteiger charge is 2.04. The third kappa shape index (κ3) is 10.00. The highest BCUT2D eigenvalue weighted by atomic mass is 32.1. The van der Waals surface area contributed by atoms with Gasteiger partial charge in [0, 0.05) is 12.8 Å². The van der Waals surface area contributed by atoms with Crippen LogP contribution in [0.25, 0.3) is 0 Å². The van der Waals surface area contributed by atoms with Crippen molar-refractivity contribution in [2.75, 3.05) is 0 Å². The van der Waals surface area contributed by atoms with Gasteiger partial charge >= 0.3 is 0 Å². The molecule has 0 amide bonds. The Bertz CT molecular complexity index is 305. The summed E-state index contributed by atoms with van der Waals surface area (Å²) < 4.78 is 0. The first-order valence-electron chi connectivity index (χ1n) is 9.18. The molecule has 0 aromatic carbocycles. The van der Waals surface area contributed by atoms with E-state index in [0.29, 0.717) is 0 Å². The average molecular weight is 311 g/mol. The maximum Gasteiger partial charge on any atom is 0.117 e. The molecule has 1 aromatic heterocycles. The van der Waals surface area contributed by atoms with Gasteiger partial charge in [0.15, 0.2) is 0 Å². The summed E-state index contributed by atoms with van der Waals surface area (Å²) in [6.45, 7) is 4.54. The van der Waals surface area contributed by atoms with Gasteiger partial charge in [0.05, 0.1) is 0 Å². The Hall–Kier alpha value is -0.440. The Morgan fingerprint density at radius 3 is 1.38 bits per heavy atom. The highest BCUT2D eigenvalue weighted by molar-refractivity contribution is 7.11. The lowest BCUT2D eigenvalue weighted by Crippen LogP contribution is -1.86. The molecule has 0 fully saturated rings. The van der Waals surface area contributed by atoms with E-state index in [1.165, 1.54) is 87.1 Å². The van der Waals surface area contributed by atoms with Crippen LogP contribution in [0.3, 0.4) is 0 Å². The molecular weight excluding hydrogens is 276 g/mol. The summed E-state index contributed by atoms with van der Waals surface area (Å²) in [6, 6.07) is 0. The van der Waals surface area contributed by atoms with E-state index in [4.69, 9.17) is 0 Å². The fraction of sp³-hybridized carbons (Fsp3) is 0.889. The van der Waals surface area contributed by atoms with Crippen LogP contribution in [-0.4, -0.2) is 10.2 Å². The molecule has 3 heteroatoms. The first-order valence-corrected chi connectivity index (χ1v) is 9.99. The molecule has 2 nitrogen and oxygen atoms in total. The third-order valence-electron chi connectivity index (χ3n) is 4.00. The lowest BCUT2D eigenvalue weighted by molar-refractivity contribution is 0.603. The van der Waals surface area contributed by atoms with Gasteiger partial charge in [0.2, 0.25) is 0 Å². The molecule has 0 N–H and O–H groups in total. The highest BCUT2D eigenvalue weighted by Crippen LogP contribution is 2.17. The minimum Gasteiger partial charge on any atom is -0.144 e. The molecule has 1 heterocycles. The largest absolute Gasteiger partial charge is 0.144 e. The van der Waals surface area contributed by atoms with Crippen molar-refractivity contribution in [2.45, 2.75) is 104 Å². The first-order chi connectivity index (χ1) is 10.4. The Kier molecular flexibility index (Phi) is 11.7. The maximum atomic E-state index is 4.35. The predicted octanol–water partition coefficient (Wildman–Crippen LogP) is 6.34. The van der Waals surface area contributed by atoms with Crippen molar-refractivity contribution in [1.29, 1.82) is 0 Å². The molecule has 0 saturated carbocycles. The lowest BCUT2D eigenvalue weighted by atomic mass is 10.1. The van der Waals surface area contributed by atoms with Crippen molar-refractivity contribution in [1.82, 2.24) is 10.2 Å². The van der Waals surface area contributed by atoms with E-state index in [1.807, 2.05) is 11.3 Å². The van der Waals surface area contributed by atoms with E-state index in [1.54, 1.807) is 0 Å². The molecule has 0 aliphatic heterocycles. The SMILES string of the molecule is CCCCCCCCc1nnc(CCCCCCCC)s1. The Balaban J connectivity index is 2.01. The molecule has 21 heavy (non-hydrogen) atoms. The van der Waals surface area contributed by atoms with E-state index in [-0.39, 0.29) is 0 Å². The fourth-order valence-electron chi connectivity index (χ4n) is 2.60. The van der Waals surface area contributed by atoms with Crippen LogP contribution in [0.4, 0.5) is 0 Å². The van der Waals surface area contributed by atoms with E-state index < -0.39 is 0 Å². The molecule has 0 radical (unpaired) electrons. The maximum absolute atomic E-state index is 4.35. The molecule has 0 aliphatic rings. The summed E-state index contributed by atoms with van der Waals surface area (Å²) in [5.41, 5.74) is 0. The second-order valence-electron chi connectivity index (χ2n) is 6.13. The Labute approximate surface area is 135 Å². The van der Waals surface area contributed by atoms with Crippen molar-refractivity contribution in [3.05, 3.63) is 10.0 Å². The van der Waals surface area contributed by atoms with Crippen molar-refractivity contribution in [3.63, 3.8) is 0 Å². The topological polar surface area (TPSA) is 25.8 Å². The van der Waals surface area contributed by atoms with E-state index in [0.717, 1.165) is 12.8 Å². The number of aryl methyl sites for hydroxylation is 2. The summed E-state index contributed by atoms with van der Waals surface area (Å²) in [5.74, 6) is 0. The number of aromatic nitrogens is 2. The molecule has 0 spiro atoms. The van der Waals surface area contributed by atoms with Crippen LogP contribution in [0, 0.1) is 0 Å². The van der Waals surface area contributed by atoms with Gasteiger partial charge in [0.1, 0.15) is 10.0 Å². The van der Waals surface area contributed by atoms with E-state index in [9.17, 15) is 0 Å². The molecule has 0 aliphatic carbocycles. The average Bonchev–Trinajstić information content (AvgIpc) is 2.94. The smallest absolute Gasteiger partial charge is 0.117 e. The van der Waals surface area contributed by atoms with E-state index in [2.05, 4.69) is 24.0 Å². The quantitative estimate of drug-likeness (QED) is 0.374. The van der Waals surface area contributed by atoms with Gasteiger partial charge < -0.3 is 0 Å². The molecular formula is C18H34N2S. The Morgan fingerprint density at radius 1 is 0.571 bits per heavy atom. The molecule has 1 aromatic rings. The van der Waals surface area contributed by atoms with Gasteiger partial charge in [-0.25, -0.2) is 0 Å². The zero-order valence-electron chi connectivity index (χ0n) is 14.2. The zero-order valence-corrected chi connectivity index (χ0v) is 15.0. The summed E-state index contributed by atoms with van der Waals surface area (Å²) in [7, 11) is 0. The van der Waals surface area contributed by atoms with Crippen molar-refractivity contribution >= 4 is 11.3 Å². The van der Waals surface area contributed by atoms with Crippen molar-refractivity contribution < 1.29 is 0 Å². The van der Waals surface area contributed by atoms with Gasteiger partial charge in [-0.2, -0.15) is 0 Å². The summed E-state index contributed by atoms with van der Waals surface area (Å²) in [4.78, 5) is 0. The minimum absolute atomic E-state index is 1.14. The fourth-order valence-corrected chi connectivity index (χ4v) is 3.53. The van der Waals surface area contributed by atoms with Gasteiger partial charge in [-0.1, -0.05) is 78.1 Å². The van der Waals surface area contributed by atoms with Crippen molar-refractivity contribution in [3.8, 4) is 0 Å². The zero-order chi connectivity index (χ0) is 15.2. The number of nitrogens with zero attached hydrogens (tertiary/aromatic N) is 2. The first kappa shape index (κ1) is 18.6. The van der Waals surface area contributed by atoms with Crippen LogP contribution in [0.15, 0.2) is 0 Å². The molecule has 1 rings (SSSR count). The van der Waals surface area contributed by atoms with Crippen LogP contribution < -0.4 is 0 Å². The van der Waals surface area contributed by atoms with Crippen LogP contribution >= 0.6 is 11.3 Å². The second kappa shape index (κ2) is 13.2. The van der Waals surface area contributed by atoms with Crippen LogP contribution in [0.5, 0.6) is 0 Å². The van der Waals surface area contributed by atoms with Gasteiger partial charge in [-0.05, 0) is 12.8 Å². The molecule has 0 unspecified atom stereocenters. The van der Waals surface area contributed by atoms with Gasteiger partial charge in [0.25, 0.3) is 0 Å². The summed E-state index contributed by atoms with van der Waals surface area (Å²) >= 11 is 1.85. The minimum atomic E-state index is 1.14. The van der Waals surface area contributed by atoms with Gasteiger partial charge in [-0.3, -0.25) is 0 Å². The number of hydrogen-bond acceptors (Lipinski definition) is 3. The summed E-state index contributed by atoms with van der Waals surface area (Å²) in [5, 5.41) is 11.2. The Morgan fingerprint density at radius 2 is 0.952 bits per heavy atom. The molecule has 0 bridgehead atoms. The lowest BCUT2D eigenvalue weighted by Gasteiger charge is -1.98. The standard InChI is InChI=1S/C18H34N2S/c1-3-5-7-9-11-13-15-17-19-20-18(21-17)16-14-12-10-8-6-4-2/h3-16H2,1-2H3. The monoisotopic (exact) mass is 310 g/mol. The van der Waals surface area contributed by atoms with Crippen LogP contribution in [0.1, 0.15) is 101 Å². The van der Waals surface area contributed by atoms with Crippen LogP contribution in [0.2, 0.25) is 0 Å². The van der Waals surface area contributed by atoms with Gasteiger partial charge in [-0.15, -0.1) is 21.5 Å². The van der Waals surface area contributed by atoms with Crippen LogP contribution in [-0.2, 0) is 12.8 Å². The molecule has 122 valence electrons. The van der Waals surface area contributed by atoms with Crippen molar-refractivity contribution in [2.24, 2.45) is 0 Å². The molecule has 0 saturated heterocycles. The van der Waals surface area contributed by atoms with E-state index >= 15 is 0 Å². The number of rotatable bonds is 14. The predicted molar refractivity (Wildman–Crippen MR) is 94.1 cm³/mol. The summed E-state index contributed by atoms with van der Waals surface area (Å²) in [6.07, 6.45) is 18.6. The molecule has 0 atom stereocenters. The second-order valence-corrected chi connectivity index (χ2v) is 7.27. The third-order valence-corrected chi connectivity index (χ3v) is 5.04. The normalized spacial score (nSPS) is 11.1.